The first kappa shape index (κ1) is 18.7. The van der Waals surface area contributed by atoms with Crippen LogP contribution in [0.4, 0.5) is 11.5 Å². The Morgan fingerprint density at radius 1 is 1.15 bits per heavy atom. The van der Waals surface area contributed by atoms with Gasteiger partial charge in [0.25, 0.3) is 5.91 Å². The van der Waals surface area contributed by atoms with E-state index in [1.54, 1.807) is 24.3 Å². The third-order valence-corrected chi connectivity index (χ3v) is 4.48. The first-order valence-corrected chi connectivity index (χ1v) is 8.84. The molecule has 0 unspecified atom stereocenters. The van der Waals surface area contributed by atoms with E-state index in [0.29, 0.717) is 34.4 Å². The number of carbonyl (C=O) groups excluding carboxylic acids is 1. The average molecular weight is 382 g/mol. The number of benzene rings is 2. The van der Waals surface area contributed by atoms with Gasteiger partial charge in [0.1, 0.15) is 11.6 Å². The van der Waals surface area contributed by atoms with Crippen molar-refractivity contribution >= 4 is 29.0 Å². The molecule has 2 aromatic carbocycles. The zero-order valence-electron chi connectivity index (χ0n) is 15.1. The molecule has 6 heteroatoms. The number of halogens is 1. The standard InChI is InChI=1S/C21H20ClN3O2/c1-14-10-18(19(27-2)11-17(14)22)25-21(26)16-8-9-20(24-13-16)23-12-15-6-4-3-5-7-15/h3-11,13H,12H2,1-2H3,(H,23,24)(H,25,26). The summed E-state index contributed by atoms with van der Waals surface area (Å²) in [6.07, 6.45) is 1.54. The lowest BCUT2D eigenvalue weighted by atomic mass is 10.2. The Balaban J connectivity index is 1.66. The summed E-state index contributed by atoms with van der Waals surface area (Å²) in [5.74, 6) is 0.945. The second-order valence-corrected chi connectivity index (χ2v) is 6.43. The predicted molar refractivity (Wildman–Crippen MR) is 109 cm³/mol. The SMILES string of the molecule is COc1cc(Cl)c(C)cc1NC(=O)c1ccc(NCc2ccccc2)nc1. The number of hydrogen-bond donors (Lipinski definition) is 2. The summed E-state index contributed by atoms with van der Waals surface area (Å²) in [7, 11) is 1.53. The van der Waals surface area contributed by atoms with Crippen molar-refractivity contribution in [2.24, 2.45) is 0 Å². The maximum atomic E-state index is 12.5. The Bertz CT molecular complexity index is 928. The number of hydrogen-bond acceptors (Lipinski definition) is 4. The molecule has 27 heavy (non-hydrogen) atoms. The highest BCUT2D eigenvalue weighted by Crippen LogP contribution is 2.31. The summed E-state index contributed by atoms with van der Waals surface area (Å²) >= 11 is 6.10. The number of carbonyl (C=O) groups is 1. The first-order chi connectivity index (χ1) is 13.1. The second-order valence-electron chi connectivity index (χ2n) is 6.03. The zero-order chi connectivity index (χ0) is 19.2. The van der Waals surface area contributed by atoms with Gasteiger partial charge in [-0.1, -0.05) is 41.9 Å². The lowest BCUT2D eigenvalue weighted by molar-refractivity contribution is 0.102. The number of rotatable bonds is 6. The minimum Gasteiger partial charge on any atom is -0.495 e. The quantitative estimate of drug-likeness (QED) is 0.636. The van der Waals surface area contributed by atoms with Crippen molar-refractivity contribution < 1.29 is 9.53 Å². The molecule has 1 amide bonds. The van der Waals surface area contributed by atoms with Crippen LogP contribution in [-0.4, -0.2) is 18.0 Å². The molecule has 3 aromatic rings. The predicted octanol–water partition coefficient (Wildman–Crippen LogP) is 4.92. The molecule has 2 N–H and O–H groups in total. The highest BCUT2D eigenvalue weighted by atomic mass is 35.5. The van der Waals surface area contributed by atoms with Gasteiger partial charge in [-0.25, -0.2) is 4.98 Å². The number of methoxy groups -OCH3 is 1. The van der Waals surface area contributed by atoms with Crippen LogP contribution >= 0.6 is 11.6 Å². The first-order valence-electron chi connectivity index (χ1n) is 8.46. The van der Waals surface area contributed by atoms with Crippen LogP contribution in [0.25, 0.3) is 0 Å². The number of nitrogens with one attached hydrogen (secondary N) is 2. The van der Waals surface area contributed by atoms with E-state index < -0.39 is 0 Å². The summed E-state index contributed by atoms with van der Waals surface area (Å²) in [4.78, 5) is 16.8. The van der Waals surface area contributed by atoms with Crippen molar-refractivity contribution in [2.45, 2.75) is 13.5 Å². The molecule has 0 aliphatic carbocycles. The third-order valence-electron chi connectivity index (χ3n) is 4.07. The van der Waals surface area contributed by atoms with Crippen molar-refractivity contribution in [3.8, 4) is 5.75 Å². The van der Waals surface area contributed by atoms with E-state index in [1.807, 2.05) is 37.3 Å². The van der Waals surface area contributed by atoms with Crippen molar-refractivity contribution in [3.05, 3.63) is 82.5 Å². The van der Waals surface area contributed by atoms with Gasteiger partial charge in [0.15, 0.2) is 0 Å². The van der Waals surface area contributed by atoms with E-state index >= 15 is 0 Å². The maximum Gasteiger partial charge on any atom is 0.257 e. The molecule has 0 saturated heterocycles. The fourth-order valence-corrected chi connectivity index (χ4v) is 2.70. The smallest absolute Gasteiger partial charge is 0.257 e. The molecule has 0 spiro atoms. The van der Waals surface area contributed by atoms with Crippen LogP contribution in [0.3, 0.4) is 0 Å². The summed E-state index contributed by atoms with van der Waals surface area (Å²) in [5.41, 5.74) is 3.03. The van der Waals surface area contributed by atoms with Gasteiger partial charge >= 0.3 is 0 Å². The molecule has 1 aromatic heterocycles. The highest BCUT2D eigenvalue weighted by Gasteiger charge is 2.12. The van der Waals surface area contributed by atoms with Crippen molar-refractivity contribution in [1.82, 2.24) is 4.98 Å². The van der Waals surface area contributed by atoms with Gasteiger partial charge in [-0.05, 0) is 36.2 Å². The van der Waals surface area contributed by atoms with E-state index in [2.05, 4.69) is 15.6 Å². The lowest BCUT2D eigenvalue weighted by Crippen LogP contribution is -2.13. The number of amides is 1. The van der Waals surface area contributed by atoms with Crippen molar-refractivity contribution in [1.29, 1.82) is 0 Å². The van der Waals surface area contributed by atoms with E-state index in [4.69, 9.17) is 16.3 Å². The average Bonchev–Trinajstić information content (AvgIpc) is 2.70. The molecule has 5 nitrogen and oxygen atoms in total. The molecule has 0 aliphatic rings. The van der Waals surface area contributed by atoms with E-state index in [9.17, 15) is 4.79 Å². The molecule has 0 radical (unpaired) electrons. The molecule has 1 heterocycles. The highest BCUT2D eigenvalue weighted by molar-refractivity contribution is 6.31. The van der Waals surface area contributed by atoms with Crippen LogP contribution in [0.5, 0.6) is 5.75 Å². The Labute approximate surface area is 163 Å². The van der Waals surface area contributed by atoms with Gasteiger partial charge in [0.2, 0.25) is 0 Å². The number of ether oxygens (including phenoxy) is 1. The molecule has 0 atom stereocenters. The molecule has 3 rings (SSSR count). The Kier molecular flexibility index (Phi) is 5.94. The van der Waals surface area contributed by atoms with Crippen molar-refractivity contribution in [2.75, 3.05) is 17.7 Å². The van der Waals surface area contributed by atoms with Crippen molar-refractivity contribution in [3.63, 3.8) is 0 Å². The fourth-order valence-electron chi connectivity index (χ4n) is 2.55. The summed E-state index contributed by atoms with van der Waals surface area (Å²) in [6.45, 7) is 2.53. The van der Waals surface area contributed by atoms with Gasteiger partial charge in [0.05, 0.1) is 18.4 Å². The molecular formula is C21H20ClN3O2. The van der Waals surface area contributed by atoms with Gasteiger partial charge in [0, 0.05) is 23.8 Å². The number of anilines is 2. The Morgan fingerprint density at radius 2 is 1.93 bits per heavy atom. The number of aryl methyl sites for hydroxylation is 1. The van der Waals surface area contributed by atoms with Crippen LogP contribution in [0.1, 0.15) is 21.5 Å². The monoisotopic (exact) mass is 381 g/mol. The number of aromatic nitrogens is 1. The summed E-state index contributed by atoms with van der Waals surface area (Å²) < 4.78 is 5.29. The van der Waals surface area contributed by atoms with Crippen LogP contribution in [0.15, 0.2) is 60.8 Å². The topological polar surface area (TPSA) is 63.2 Å². The number of pyridine rings is 1. The van der Waals surface area contributed by atoms with Crippen LogP contribution in [-0.2, 0) is 6.54 Å². The number of nitrogens with zero attached hydrogens (tertiary/aromatic N) is 1. The molecule has 0 bridgehead atoms. The van der Waals surface area contributed by atoms with Gasteiger partial charge < -0.3 is 15.4 Å². The minimum atomic E-state index is -0.267. The van der Waals surface area contributed by atoms with E-state index in [0.717, 1.165) is 11.1 Å². The molecular weight excluding hydrogens is 362 g/mol. The largest absolute Gasteiger partial charge is 0.495 e. The second kappa shape index (κ2) is 8.56. The molecule has 0 aliphatic heterocycles. The normalized spacial score (nSPS) is 10.3. The van der Waals surface area contributed by atoms with Crippen LogP contribution in [0, 0.1) is 6.92 Å². The van der Waals surface area contributed by atoms with Gasteiger partial charge in [-0.2, -0.15) is 0 Å². The third kappa shape index (κ3) is 4.77. The maximum absolute atomic E-state index is 12.5. The summed E-state index contributed by atoms with van der Waals surface area (Å²) in [5, 5.41) is 6.66. The molecule has 0 saturated carbocycles. The molecule has 0 fully saturated rings. The minimum absolute atomic E-state index is 0.267. The van der Waals surface area contributed by atoms with Gasteiger partial charge in [-0.15, -0.1) is 0 Å². The summed E-state index contributed by atoms with van der Waals surface area (Å²) in [6, 6.07) is 17.0. The van der Waals surface area contributed by atoms with E-state index in [-0.39, 0.29) is 5.91 Å². The van der Waals surface area contributed by atoms with Crippen LogP contribution in [0.2, 0.25) is 5.02 Å². The zero-order valence-corrected chi connectivity index (χ0v) is 15.9. The Morgan fingerprint density at radius 3 is 2.59 bits per heavy atom. The molecule has 138 valence electrons. The van der Waals surface area contributed by atoms with E-state index in [1.165, 1.54) is 13.3 Å². The Hall–Kier alpha value is -3.05. The van der Waals surface area contributed by atoms with Gasteiger partial charge in [-0.3, -0.25) is 4.79 Å². The lowest BCUT2D eigenvalue weighted by Gasteiger charge is -2.12. The van der Waals surface area contributed by atoms with Crippen LogP contribution < -0.4 is 15.4 Å². The fraction of sp³-hybridized carbons (Fsp3) is 0.143.